The second kappa shape index (κ2) is 10.4. The number of pyridine rings is 3. The Bertz CT molecular complexity index is 1730. The number of ether oxygens (including phenoxy) is 2. The molecule has 0 bridgehead atoms. The van der Waals surface area contributed by atoms with Gasteiger partial charge in [-0.25, -0.2) is 27.2 Å². The number of aromatic nitrogens is 3. The summed E-state index contributed by atoms with van der Waals surface area (Å²) in [4.78, 5) is 27.9. The van der Waals surface area contributed by atoms with E-state index in [-0.39, 0.29) is 47.5 Å². The summed E-state index contributed by atoms with van der Waals surface area (Å²) in [5.74, 6) is 0.589. The first-order chi connectivity index (χ1) is 19.3. The van der Waals surface area contributed by atoms with E-state index in [0.717, 1.165) is 5.39 Å². The van der Waals surface area contributed by atoms with Gasteiger partial charge in [0.1, 0.15) is 18.1 Å². The highest BCUT2D eigenvalue weighted by molar-refractivity contribution is 7.91. The average molecular weight is 568 g/mol. The molecule has 3 aromatic heterocycles. The number of carbonyl (C=O) groups excluding carboxylic acids is 1. The van der Waals surface area contributed by atoms with Crippen molar-refractivity contribution in [2.24, 2.45) is 0 Å². The van der Waals surface area contributed by atoms with Crippen LogP contribution in [0, 0.1) is 0 Å². The van der Waals surface area contributed by atoms with Crippen LogP contribution in [0.15, 0.2) is 59.6 Å². The summed E-state index contributed by atoms with van der Waals surface area (Å²) in [7, 11) is -3.54. The monoisotopic (exact) mass is 567 g/mol. The summed E-state index contributed by atoms with van der Waals surface area (Å²) in [6.07, 6.45) is -1.09. The van der Waals surface area contributed by atoms with Crippen molar-refractivity contribution < 1.29 is 31.5 Å². The van der Waals surface area contributed by atoms with Gasteiger partial charge in [-0.3, -0.25) is 9.78 Å². The highest BCUT2D eigenvalue weighted by Crippen LogP contribution is 2.36. The van der Waals surface area contributed by atoms with Crippen LogP contribution in [0.2, 0.25) is 0 Å². The number of rotatable bonds is 5. The van der Waals surface area contributed by atoms with Crippen LogP contribution >= 0.6 is 0 Å². The summed E-state index contributed by atoms with van der Waals surface area (Å²) < 4.78 is 62.6. The predicted octanol–water partition coefficient (Wildman–Crippen LogP) is 3.73. The van der Waals surface area contributed by atoms with E-state index in [0.29, 0.717) is 41.5 Å². The van der Waals surface area contributed by atoms with E-state index in [1.54, 1.807) is 35.4 Å². The van der Waals surface area contributed by atoms with Gasteiger partial charge in [-0.05, 0) is 48.0 Å². The third-order valence-electron chi connectivity index (χ3n) is 6.65. The molecular formula is C27H23F2N5O5S. The minimum absolute atomic E-state index is 0.0767. The van der Waals surface area contributed by atoms with Gasteiger partial charge in [-0.2, -0.15) is 0 Å². The van der Waals surface area contributed by atoms with Crippen LogP contribution in [-0.4, -0.2) is 54.8 Å². The van der Waals surface area contributed by atoms with Crippen LogP contribution in [-0.2, 0) is 27.7 Å². The maximum atomic E-state index is 13.3. The number of alkyl halides is 2. The first-order valence-electron chi connectivity index (χ1n) is 12.5. The summed E-state index contributed by atoms with van der Waals surface area (Å²) >= 11 is 0. The number of nitrogens with zero attached hydrogens (tertiary/aromatic N) is 4. The molecule has 0 fully saturated rings. The van der Waals surface area contributed by atoms with Crippen molar-refractivity contribution in [2.75, 3.05) is 30.4 Å². The Morgan fingerprint density at radius 3 is 2.80 bits per heavy atom. The lowest BCUT2D eigenvalue weighted by Gasteiger charge is -2.29. The second-order valence-electron chi connectivity index (χ2n) is 9.27. The van der Waals surface area contributed by atoms with E-state index in [4.69, 9.17) is 14.5 Å². The zero-order valence-electron chi connectivity index (χ0n) is 21.0. The molecule has 4 aromatic rings. The van der Waals surface area contributed by atoms with Crippen LogP contribution in [0.25, 0.3) is 10.9 Å². The Morgan fingerprint density at radius 2 is 1.95 bits per heavy atom. The average Bonchev–Trinajstić information content (AvgIpc) is 3.12. The molecule has 0 radical (unpaired) electrons. The SMILES string of the molecule is O=C(NCc1cc2nc(N3CCOc4ccc(C(F)F)nc43)ccc2cn1)c1ccc2c(c1)S(=O)(=O)CCOC2. The molecule has 10 nitrogen and oxygen atoms in total. The van der Waals surface area contributed by atoms with Crippen molar-refractivity contribution in [1.82, 2.24) is 20.3 Å². The quantitative estimate of drug-likeness (QED) is 0.384. The van der Waals surface area contributed by atoms with Gasteiger partial charge < -0.3 is 19.7 Å². The van der Waals surface area contributed by atoms with Crippen LogP contribution in [0.1, 0.15) is 33.7 Å². The molecule has 0 spiro atoms. The van der Waals surface area contributed by atoms with Gasteiger partial charge in [-0.15, -0.1) is 0 Å². The number of carbonyl (C=O) groups is 1. The lowest BCUT2D eigenvalue weighted by molar-refractivity contribution is 0.0950. The Labute approximate surface area is 227 Å². The van der Waals surface area contributed by atoms with E-state index in [1.807, 2.05) is 6.07 Å². The van der Waals surface area contributed by atoms with Gasteiger partial charge in [0, 0.05) is 17.1 Å². The molecule has 40 heavy (non-hydrogen) atoms. The Hall–Kier alpha value is -4.23. The fourth-order valence-corrected chi connectivity index (χ4v) is 5.98. The largest absolute Gasteiger partial charge is 0.488 e. The molecule has 6 rings (SSSR count). The molecule has 0 saturated carbocycles. The molecule has 1 N–H and O–H groups in total. The van der Waals surface area contributed by atoms with Gasteiger partial charge in [0.05, 0.1) is 48.2 Å². The highest BCUT2D eigenvalue weighted by atomic mass is 32.2. The maximum Gasteiger partial charge on any atom is 0.280 e. The van der Waals surface area contributed by atoms with Crippen molar-refractivity contribution in [2.45, 2.75) is 24.5 Å². The summed E-state index contributed by atoms with van der Waals surface area (Å²) in [6, 6.07) is 12.6. The molecule has 2 aliphatic heterocycles. The molecule has 0 saturated heterocycles. The number of amides is 1. The Kier molecular flexibility index (Phi) is 6.76. The van der Waals surface area contributed by atoms with E-state index >= 15 is 0 Å². The molecule has 0 unspecified atom stereocenters. The zero-order valence-corrected chi connectivity index (χ0v) is 21.8. The fourth-order valence-electron chi connectivity index (χ4n) is 4.59. The van der Waals surface area contributed by atoms with Gasteiger partial charge >= 0.3 is 0 Å². The maximum absolute atomic E-state index is 13.3. The summed E-state index contributed by atoms with van der Waals surface area (Å²) in [5, 5.41) is 3.52. The first kappa shape index (κ1) is 26.0. The Balaban J connectivity index is 1.22. The summed E-state index contributed by atoms with van der Waals surface area (Å²) in [5.41, 5.74) is 1.51. The molecule has 1 amide bonds. The van der Waals surface area contributed by atoms with Crippen molar-refractivity contribution in [3.63, 3.8) is 0 Å². The number of hydrogen-bond donors (Lipinski definition) is 1. The molecule has 13 heteroatoms. The third kappa shape index (κ3) is 5.05. The number of anilines is 2. The minimum atomic E-state index is -3.54. The fraction of sp³-hybridized carbons (Fsp3) is 0.259. The molecular weight excluding hydrogens is 544 g/mol. The normalized spacial score (nSPS) is 16.1. The predicted molar refractivity (Wildman–Crippen MR) is 141 cm³/mol. The van der Waals surface area contributed by atoms with Crippen LogP contribution in [0.3, 0.4) is 0 Å². The van der Waals surface area contributed by atoms with Crippen molar-refractivity contribution in [3.8, 4) is 5.75 Å². The number of hydrogen-bond acceptors (Lipinski definition) is 9. The lowest BCUT2D eigenvalue weighted by Crippen LogP contribution is -2.30. The number of benzene rings is 1. The lowest BCUT2D eigenvalue weighted by atomic mass is 10.1. The molecule has 1 aromatic carbocycles. The number of nitrogens with one attached hydrogen (secondary N) is 1. The number of fused-ring (bicyclic) bond motifs is 3. The van der Waals surface area contributed by atoms with Crippen LogP contribution in [0.5, 0.6) is 5.75 Å². The van der Waals surface area contributed by atoms with Crippen molar-refractivity contribution in [1.29, 1.82) is 0 Å². The van der Waals surface area contributed by atoms with Gasteiger partial charge in [0.25, 0.3) is 12.3 Å². The third-order valence-corrected chi connectivity index (χ3v) is 8.41. The topological polar surface area (TPSA) is 124 Å². The van der Waals surface area contributed by atoms with Gasteiger partial charge in [-0.1, -0.05) is 6.07 Å². The van der Waals surface area contributed by atoms with Crippen molar-refractivity contribution >= 4 is 38.3 Å². The molecule has 0 aliphatic carbocycles. The van der Waals surface area contributed by atoms with E-state index < -0.39 is 22.2 Å². The second-order valence-corrected chi connectivity index (χ2v) is 11.4. The minimum Gasteiger partial charge on any atom is -0.488 e. The zero-order chi connectivity index (χ0) is 27.9. The van der Waals surface area contributed by atoms with Crippen LogP contribution < -0.4 is 15.0 Å². The smallest absolute Gasteiger partial charge is 0.280 e. The summed E-state index contributed by atoms with van der Waals surface area (Å²) in [6.45, 7) is 1.07. The van der Waals surface area contributed by atoms with Crippen LogP contribution in [0.4, 0.5) is 20.4 Å². The van der Waals surface area contributed by atoms with E-state index in [9.17, 15) is 22.0 Å². The first-order valence-corrected chi connectivity index (χ1v) is 14.1. The van der Waals surface area contributed by atoms with Gasteiger partial charge in [0.15, 0.2) is 21.4 Å². The standard InChI is InChI=1S/C27H23F2N5O5S/c28-25(29)20-4-5-22-26(33-20)34(7-8-39-22)24-6-3-17-13-30-19(12-21(17)32-24)14-31-27(35)16-1-2-18-15-38-9-10-40(36,37)23(18)11-16/h1-6,11-13,25H,7-10,14-15H2,(H,31,35). The molecule has 206 valence electrons. The molecule has 0 atom stereocenters. The number of sulfone groups is 1. The highest BCUT2D eigenvalue weighted by Gasteiger charge is 2.25. The molecule has 2 aliphatic rings. The Morgan fingerprint density at radius 1 is 1.07 bits per heavy atom. The van der Waals surface area contributed by atoms with E-state index in [2.05, 4.69) is 15.3 Å². The number of halogens is 2. The van der Waals surface area contributed by atoms with Gasteiger partial charge in [0.2, 0.25) is 0 Å². The molecule has 5 heterocycles. The van der Waals surface area contributed by atoms with E-state index in [1.165, 1.54) is 18.2 Å². The van der Waals surface area contributed by atoms with Crippen molar-refractivity contribution in [3.05, 3.63) is 77.2 Å².